The van der Waals surface area contributed by atoms with Crippen LogP contribution in [0.1, 0.15) is 26.3 Å². The molecule has 21 heavy (non-hydrogen) atoms. The molecule has 2 aliphatic rings. The minimum absolute atomic E-state index is 0.315. The lowest BCUT2D eigenvalue weighted by Crippen LogP contribution is -2.43. The van der Waals surface area contributed by atoms with Gasteiger partial charge in [-0.3, -0.25) is 9.59 Å². The van der Waals surface area contributed by atoms with E-state index in [9.17, 15) is 9.59 Å². The number of rotatable bonds is 1. The number of nitrogens with zero attached hydrogens (tertiary/aromatic N) is 1. The molecule has 0 spiro atoms. The van der Waals surface area contributed by atoms with Crippen molar-refractivity contribution in [1.82, 2.24) is 4.90 Å². The number of ether oxygens (including phenoxy) is 1. The van der Waals surface area contributed by atoms with E-state index in [1.165, 1.54) is 0 Å². The van der Waals surface area contributed by atoms with Crippen molar-refractivity contribution >= 4 is 17.9 Å². The van der Waals surface area contributed by atoms with E-state index in [0.717, 1.165) is 10.5 Å². The molecular formula is C17H11NO3. The number of imide groups is 1. The van der Waals surface area contributed by atoms with E-state index in [1.807, 2.05) is 30.3 Å². The Morgan fingerprint density at radius 3 is 2.19 bits per heavy atom. The summed E-state index contributed by atoms with van der Waals surface area (Å²) in [6.45, 7) is 0. The number of carbonyl (C=O) groups is 2. The molecule has 0 N–H and O–H groups in total. The maximum atomic E-state index is 12.4. The van der Waals surface area contributed by atoms with Gasteiger partial charge in [0, 0.05) is 5.56 Å². The van der Waals surface area contributed by atoms with Crippen molar-refractivity contribution in [2.75, 3.05) is 0 Å². The van der Waals surface area contributed by atoms with Gasteiger partial charge in [-0.15, -0.1) is 0 Å². The van der Waals surface area contributed by atoms with Crippen LogP contribution in [-0.2, 0) is 0 Å². The number of hydrogen-bond acceptors (Lipinski definition) is 3. The van der Waals surface area contributed by atoms with Crippen molar-refractivity contribution < 1.29 is 14.3 Å². The third-order valence-electron chi connectivity index (χ3n) is 3.69. The van der Waals surface area contributed by atoms with Crippen LogP contribution >= 0.6 is 0 Å². The van der Waals surface area contributed by atoms with Crippen molar-refractivity contribution in [2.45, 2.75) is 6.23 Å². The maximum absolute atomic E-state index is 12.4. The molecule has 0 aromatic heterocycles. The fraction of sp³-hybridized carbons (Fsp3) is 0.0588. The fourth-order valence-corrected chi connectivity index (χ4v) is 2.66. The molecular weight excluding hydrogens is 266 g/mol. The largest absolute Gasteiger partial charge is 0.466 e. The molecule has 0 saturated heterocycles. The number of carbonyl (C=O) groups excluding carboxylic acids is 2. The zero-order valence-electron chi connectivity index (χ0n) is 11.0. The zero-order valence-corrected chi connectivity index (χ0v) is 11.0. The number of hydrogen-bond donors (Lipinski definition) is 0. The Balaban J connectivity index is 1.71. The van der Waals surface area contributed by atoms with Crippen LogP contribution in [0, 0.1) is 0 Å². The Morgan fingerprint density at radius 2 is 1.48 bits per heavy atom. The lowest BCUT2D eigenvalue weighted by Gasteiger charge is -2.27. The van der Waals surface area contributed by atoms with Crippen molar-refractivity contribution in [2.24, 2.45) is 0 Å². The van der Waals surface area contributed by atoms with Crippen LogP contribution < -0.4 is 4.74 Å². The Kier molecular flexibility index (Phi) is 2.44. The molecule has 1 atom stereocenters. The van der Waals surface area contributed by atoms with Crippen molar-refractivity contribution in [3.63, 3.8) is 0 Å². The van der Waals surface area contributed by atoms with Crippen molar-refractivity contribution in [3.8, 4) is 5.75 Å². The second-order valence-corrected chi connectivity index (χ2v) is 4.93. The van der Waals surface area contributed by atoms with Gasteiger partial charge in [0.05, 0.1) is 11.1 Å². The smallest absolute Gasteiger partial charge is 0.264 e. The van der Waals surface area contributed by atoms with Gasteiger partial charge in [-0.2, -0.15) is 0 Å². The predicted molar refractivity (Wildman–Crippen MR) is 76.8 cm³/mol. The van der Waals surface area contributed by atoms with Gasteiger partial charge in [0.15, 0.2) is 0 Å². The molecule has 4 nitrogen and oxygen atoms in total. The average Bonchev–Trinajstić information content (AvgIpc) is 2.79. The third kappa shape index (κ3) is 1.69. The van der Waals surface area contributed by atoms with Crippen LogP contribution in [-0.4, -0.2) is 22.9 Å². The number of para-hydroxylation sites is 1. The Hall–Kier alpha value is -2.88. The molecule has 102 valence electrons. The Morgan fingerprint density at radius 1 is 0.857 bits per heavy atom. The molecule has 2 aromatic rings. The minimum Gasteiger partial charge on any atom is -0.466 e. The standard InChI is InChI=1S/C17H11NO3/c19-16-12-6-2-3-7-13(12)17(20)18(16)15-10-9-11-5-1-4-8-14(11)21-15/h1-10,15H. The van der Waals surface area contributed by atoms with Crippen LogP contribution in [0.4, 0.5) is 0 Å². The molecule has 0 bridgehead atoms. The summed E-state index contributed by atoms with van der Waals surface area (Å²) < 4.78 is 5.79. The van der Waals surface area contributed by atoms with Gasteiger partial charge in [0.1, 0.15) is 5.75 Å². The van der Waals surface area contributed by atoms with E-state index in [2.05, 4.69) is 0 Å². The summed E-state index contributed by atoms with van der Waals surface area (Å²) in [7, 11) is 0. The van der Waals surface area contributed by atoms with Gasteiger partial charge in [0.2, 0.25) is 6.23 Å². The lowest BCUT2D eigenvalue weighted by atomic mass is 10.1. The van der Waals surface area contributed by atoms with Gasteiger partial charge in [-0.25, -0.2) is 4.90 Å². The van der Waals surface area contributed by atoms with Crippen LogP contribution in [0.2, 0.25) is 0 Å². The maximum Gasteiger partial charge on any atom is 0.264 e. The van der Waals surface area contributed by atoms with E-state index in [0.29, 0.717) is 16.9 Å². The molecule has 1 unspecified atom stereocenters. The molecule has 4 heteroatoms. The molecule has 2 amide bonds. The number of fused-ring (bicyclic) bond motifs is 2. The molecule has 0 fully saturated rings. The molecule has 4 rings (SSSR count). The van der Waals surface area contributed by atoms with E-state index in [4.69, 9.17) is 4.74 Å². The first-order valence-electron chi connectivity index (χ1n) is 6.66. The van der Waals surface area contributed by atoms with Crippen LogP contribution in [0.25, 0.3) is 6.08 Å². The first kappa shape index (κ1) is 11.9. The van der Waals surface area contributed by atoms with Gasteiger partial charge < -0.3 is 4.74 Å². The summed E-state index contributed by atoms with van der Waals surface area (Å²) in [5.41, 5.74) is 1.79. The quantitative estimate of drug-likeness (QED) is 0.753. The second kappa shape index (κ2) is 4.31. The van der Waals surface area contributed by atoms with Gasteiger partial charge in [-0.1, -0.05) is 30.3 Å². The lowest BCUT2D eigenvalue weighted by molar-refractivity contribution is 0.0369. The monoisotopic (exact) mass is 277 g/mol. The highest BCUT2D eigenvalue weighted by molar-refractivity contribution is 6.21. The summed E-state index contributed by atoms with van der Waals surface area (Å²) in [6, 6.07) is 14.3. The fourth-order valence-electron chi connectivity index (χ4n) is 2.66. The molecule has 0 radical (unpaired) electrons. The second-order valence-electron chi connectivity index (χ2n) is 4.93. The molecule has 2 aromatic carbocycles. The van der Waals surface area contributed by atoms with E-state index < -0.39 is 6.23 Å². The third-order valence-corrected chi connectivity index (χ3v) is 3.69. The SMILES string of the molecule is O=C1c2ccccc2C(=O)N1C1C=Cc2ccccc2O1. The molecule has 2 aliphatic heterocycles. The highest BCUT2D eigenvalue weighted by Gasteiger charge is 2.40. The van der Waals surface area contributed by atoms with Crippen LogP contribution in [0.3, 0.4) is 0 Å². The summed E-state index contributed by atoms with van der Waals surface area (Å²) in [6.07, 6.45) is 2.89. The number of benzene rings is 2. The number of amides is 2. The summed E-state index contributed by atoms with van der Waals surface area (Å²) >= 11 is 0. The molecule has 0 aliphatic carbocycles. The topological polar surface area (TPSA) is 46.6 Å². The molecule has 0 saturated carbocycles. The first-order valence-corrected chi connectivity index (χ1v) is 6.66. The highest BCUT2D eigenvalue weighted by Crippen LogP contribution is 2.31. The van der Waals surface area contributed by atoms with Gasteiger partial charge in [-0.05, 0) is 30.4 Å². The zero-order chi connectivity index (χ0) is 14.4. The van der Waals surface area contributed by atoms with Crippen molar-refractivity contribution in [1.29, 1.82) is 0 Å². The van der Waals surface area contributed by atoms with Gasteiger partial charge >= 0.3 is 0 Å². The Labute approximate surface area is 121 Å². The van der Waals surface area contributed by atoms with E-state index >= 15 is 0 Å². The van der Waals surface area contributed by atoms with Crippen molar-refractivity contribution in [3.05, 3.63) is 71.3 Å². The summed E-state index contributed by atoms with van der Waals surface area (Å²) in [5, 5.41) is 0. The predicted octanol–water partition coefficient (Wildman–Crippen LogP) is 2.71. The Bertz CT molecular complexity index is 759. The normalized spacial score (nSPS) is 19.2. The first-order chi connectivity index (χ1) is 10.3. The summed E-state index contributed by atoms with van der Waals surface area (Å²) in [4.78, 5) is 26.0. The summed E-state index contributed by atoms with van der Waals surface area (Å²) in [5.74, 6) is 0.0378. The van der Waals surface area contributed by atoms with Crippen LogP contribution in [0.5, 0.6) is 5.75 Å². The average molecular weight is 277 g/mol. The van der Waals surface area contributed by atoms with Gasteiger partial charge in [0.25, 0.3) is 11.8 Å². The molecule has 2 heterocycles. The van der Waals surface area contributed by atoms with E-state index in [1.54, 1.807) is 30.3 Å². The minimum atomic E-state index is -0.702. The highest BCUT2D eigenvalue weighted by atomic mass is 16.5. The van der Waals surface area contributed by atoms with Crippen LogP contribution in [0.15, 0.2) is 54.6 Å². The van der Waals surface area contributed by atoms with E-state index in [-0.39, 0.29) is 11.8 Å².